The van der Waals surface area contributed by atoms with Gasteiger partial charge in [0.25, 0.3) is 0 Å². The maximum absolute atomic E-state index is 6.22. The van der Waals surface area contributed by atoms with Crippen LogP contribution in [0.3, 0.4) is 0 Å². The van der Waals surface area contributed by atoms with Crippen LogP contribution in [0.25, 0.3) is 0 Å². The number of halogens is 2. The van der Waals surface area contributed by atoms with Crippen molar-refractivity contribution in [2.24, 2.45) is 0 Å². The third-order valence-electron chi connectivity index (χ3n) is 3.04. The molecular weight excluding hydrogens is 322 g/mol. The van der Waals surface area contributed by atoms with Crippen molar-refractivity contribution in [1.29, 1.82) is 0 Å². The molecule has 1 aromatic rings. The number of pyridine rings is 1. The van der Waals surface area contributed by atoms with Gasteiger partial charge in [-0.05, 0) is 55.9 Å². The first-order valence-corrected chi connectivity index (χ1v) is 6.57. The molecule has 2 heterocycles. The average Bonchev–Trinajstić information content (AvgIpc) is 2.62. The molecule has 0 unspecified atom stereocenters. The van der Waals surface area contributed by atoms with E-state index in [1.807, 2.05) is 13.1 Å². The van der Waals surface area contributed by atoms with Gasteiger partial charge in [0.2, 0.25) is 0 Å². The van der Waals surface area contributed by atoms with Crippen molar-refractivity contribution in [3.63, 3.8) is 0 Å². The molecule has 1 saturated heterocycles. The summed E-state index contributed by atoms with van der Waals surface area (Å²) >= 11 is 8.55. The van der Waals surface area contributed by atoms with E-state index in [4.69, 9.17) is 11.6 Å². The van der Waals surface area contributed by atoms with E-state index in [1.54, 1.807) is 0 Å². The third kappa shape index (κ3) is 2.15. The molecule has 0 aromatic carbocycles. The van der Waals surface area contributed by atoms with Crippen LogP contribution in [0.4, 0.5) is 0 Å². The molecule has 1 aliphatic rings. The van der Waals surface area contributed by atoms with E-state index in [0.29, 0.717) is 6.04 Å². The third-order valence-corrected chi connectivity index (χ3v) is 4.98. The lowest BCUT2D eigenvalue weighted by atomic mass is 10.1. The predicted molar refractivity (Wildman–Crippen MR) is 71.3 cm³/mol. The highest BCUT2D eigenvalue weighted by atomic mass is 127. The van der Waals surface area contributed by atoms with Crippen LogP contribution in [0.2, 0.25) is 5.02 Å². The smallest absolute Gasteiger partial charge is 0.0755 e. The number of hydrogen-bond donors (Lipinski definition) is 0. The maximum Gasteiger partial charge on any atom is 0.0755 e. The zero-order valence-corrected chi connectivity index (χ0v) is 11.8. The van der Waals surface area contributed by atoms with Gasteiger partial charge in [0.15, 0.2) is 0 Å². The second-order valence-corrected chi connectivity index (χ2v) is 5.52. The Bertz CT molecular complexity index is 381. The van der Waals surface area contributed by atoms with Crippen LogP contribution < -0.4 is 0 Å². The van der Waals surface area contributed by atoms with Gasteiger partial charge in [-0.2, -0.15) is 0 Å². The molecule has 4 heteroatoms. The molecule has 1 aliphatic heterocycles. The summed E-state index contributed by atoms with van der Waals surface area (Å²) in [5.41, 5.74) is 2.21. The number of aryl methyl sites for hydroxylation is 1. The van der Waals surface area contributed by atoms with Crippen LogP contribution in [0.5, 0.6) is 0 Å². The van der Waals surface area contributed by atoms with Gasteiger partial charge in [-0.3, -0.25) is 9.88 Å². The molecule has 0 aliphatic carbocycles. The SMILES string of the molecule is Cc1ncc([C@@H]2CCCN2C)c(I)c1Cl. The molecule has 0 bridgehead atoms. The van der Waals surface area contributed by atoms with E-state index in [2.05, 4.69) is 39.5 Å². The first kappa shape index (κ1) is 11.6. The molecule has 0 saturated carbocycles. The molecular formula is C11H14ClIN2. The van der Waals surface area contributed by atoms with Crippen LogP contribution in [0.15, 0.2) is 6.20 Å². The molecule has 0 radical (unpaired) electrons. The Morgan fingerprint density at radius 2 is 2.33 bits per heavy atom. The Morgan fingerprint density at radius 3 is 2.93 bits per heavy atom. The van der Waals surface area contributed by atoms with Crippen LogP contribution in [0.1, 0.15) is 30.1 Å². The topological polar surface area (TPSA) is 16.1 Å². The van der Waals surface area contributed by atoms with Gasteiger partial charge in [0.05, 0.1) is 10.7 Å². The Morgan fingerprint density at radius 1 is 1.60 bits per heavy atom. The lowest BCUT2D eigenvalue weighted by Gasteiger charge is -2.21. The number of hydrogen-bond acceptors (Lipinski definition) is 2. The monoisotopic (exact) mass is 336 g/mol. The zero-order valence-electron chi connectivity index (χ0n) is 8.93. The number of nitrogens with zero attached hydrogens (tertiary/aromatic N) is 2. The van der Waals surface area contributed by atoms with E-state index in [-0.39, 0.29) is 0 Å². The zero-order chi connectivity index (χ0) is 11.0. The molecule has 0 amide bonds. The van der Waals surface area contributed by atoms with Crippen molar-refractivity contribution >= 4 is 34.2 Å². The summed E-state index contributed by atoms with van der Waals surface area (Å²) in [6, 6.07) is 0.502. The number of likely N-dealkylation sites (tertiary alicyclic amines) is 1. The highest BCUT2D eigenvalue weighted by Crippen LogP contribution is 2.35. The van der Waals surface area contributed by atoms with Gasteiger partial charge < -0.3 is 0 Å². The standard InChI is InChI=1S/C11H14ClIN2/c1-7-10(12)11(13)8(6-14-7)9-4-3-5-15(9)2/h6,9H,3-5H2,1-2H3/t9-/m0/s1. The summed E-state index contributed by atoms with van der Waals surface area (Å²) in [5.74, 6) is 0. The highest BCUT2D eigenvalue weighted by Gasteiger charge is 2.25. The van der Waals surface area contributed by atoms with E-state index >= 15 is 0 Å². The molecule has 1 atom stereocenters. The van der Waals surface area contributed by atoms with E-state index in [0.717, 1.165) is 10.7 Å². The minimum atomic E-state index is 0.502. The summed E-state index contributed by atoms with van der Waals surface area (Å²) in [4.78, 5) is 6.73. The molecule has 2 nitrogen and oxygen atoms in total. The lowest BCUT2D eigenvalue weighted by molar-refractivity contribution is 0.316. The van der Waals surface area contributed by atoms with Crippen LogP contribution in [-0.2, 0) is 0 Å². The predicted octanol–water partition coefficient (Wildman–Crippen LogP) is 3.41. The highest BCUT2D eigenvalue weighted by molar-refractivity contribution is 14.1. The molecule has 1 fully saturated rings. The van der Waals surface area contributed by atoms with Crippen molar-refractivity contribution in [3.05, 3.63) is 26.0 Å². The molecule has 0 spiro atoms. The lowest BCUT2D eigenvalue weighted by Crippen LogP contribution is -2.18. The molecule has 0 N–H and O–H groups in total. The molecule has 1 aromatic heterocycles. The summed E-state index contributed by atoms with van der Waals surface area (Å²) in [7, 11) is 2.17. The summed E-state index contributed by atoms with van der Waals surface area (Å²) in [5, 5.41) is 0.813. The van der Waals surface area contributed by atoms with Gasteiger partial charge in [-0.15, -0.1) is 0 Å². The van der Waals surface area contributed by atoms with Gasteiger partial charge in [-0.1, -0.05) is 11.6 Å². The first-order valence-electron chi connectivity index (χ1n) is 5.12. The molecule has 2 rings (SSSR count). The van der Waals surface area contributed by atoms with Gasteiger partial charge in [-0.25, -0.2) is 0 Å². The Hall–Kier alpha value is 0.130. The van der Waals surface area contributed by atoms with Gasteiger partial charge in [0, 0.05) is 21.4 Å². The van der Waals surface area contributed by atoms with Gasteiger partial charge >= 0.3 is 0 Å². The van der Waals surface area contributed by atoms with Crippen molar-refractivity contribution in [2.45, 2.75) is 25.8 Å². The van der Waals surface area contributed by atoms with Crippen molar-refractivity contribution in [2.75, 3.05) is 13.6 Å². The van der Waals surface area contributed by atoms with E-state index in [1.165, 1.54) is 28.5 Å². The second kappa shape index (κ2) is 4.55. The molecule has 82 valence electrons. The second-order valence-electron chi connectivity index (χ2n) is 4.07. The fraction of sp³-hybridized carbons (Fsp3) is 0.545. The Kier molecular flexibility index (Phi) is 3.52. The fourth-order valence-electron chi connectivity index (χ4n) is 2.10. The van der Waals surface area contributed by atoms with E-state index < -0.39 is 0 Å². The summed E-state index contributed by atoms with van der Waals surface area (Å²) in [6.45, 7) is 3.12. The average molecular weight is 337 g/mol. The minimum Gasteiger partial charge on any atom is -0.299 e. The maximum atomic E-state index is 6.22. The van der Waals surface area contributed by atoms with Crippen LogP contribution in [0, 0.1) is 10.5 Å². The normalized spacial score (nSPS) is 22.3. The quantitative estimate of drug-likeness (QED) is 0.731. The van der Waals surface area contributed by atoms with E-state index in [9.17, 15) is 0 Å². The summed E-state index contributed by atoms with van der Waals surface area (Å²) in [6.07, 6.45) is 4.46. The molecule has 15 heavy (non-hydrogen) atoms. The number of aromatic nitrogens is 1. The van der Waals surface area contributed by atoms with Crippen LogP contribution >= 0.6 is 34.2 Å². The van der Waals surface area contributed by atoms with Crippen molar-refractivity contribution in [3.8, 4) is 0 Å². The minimum absolute atomic E-state index is 0.502. The fourth-order valence-corrected chi connectivity index (χ4v) is 3.15. The Balaban J connectivity index is 2.40. The first-order chi connectivity index (χ1) is 7.11. The Labute approximate surface area is 109 Å². The largest absolute Gasteiger partial charge is 0.299 e. The van der Waals surface area contributed by atoms with Crippen molar-refractivity contribution in [1.82, 2.24) is 9.88 Å². The number of rotatable bonds is 1. The summed E-state index contributed by atoms with van der Waals surface area (Å²) < 4.78 is 1.17. The van der Waals surface area contributed by atoms with Gasteiger partial charge in [0.1, 0.15) is 0 Å². The van der Waals surface area contributed by atoms with Crippen LogP contribution in [-0.4, -0.2) is 23.5 Å². The van der Waals surface area contributed by atoms with Crippen molar-refractivity contribution < 1.29 is 0 Å².